The summed E-state index contributed by atoms with van der Waals surface area (Å²) in [7, 11) is -2.37. The third kappa shape index (κ3) is 7.29. The van der Waals surface area contributed by atoms with Gasteiger partial charge in [0.2, 0.25) is 5.95 Å². The van der Waals surface area contributed by atoms with E-state index in [1.54, 1.807) is 0 Å². The summed E-state index contributed by atoms with van der Waals surface area (Å²) in [4.78, 5) is 46.1. The molecule has 0 saturated heterocycles. The summed E-state index contributed by atoms with van der Waals surface area (Å²) in [6.45, 7) is 0. The number of hydrogen-bond acceptors (Lipinski definition) is 10. The molecule has 0 unspecified atom stereocenters. The number of pyridine rings is 1. The molecule has 3 N–H and O–H groups in total. The second-order valence-electron chi connectivity index (χ2n) is 7.23. The predicted octanol–water partition coefficient (Wildman–Crippen LogP) is 3.58. The van der Waals surface area contributed by atoms with Crippen LogP contribution in [0.3, 0.4) is 0 Å². The topological polar surface area (TPSA) is 164 Å². The molecule has 2 heterocycles. The Morgan fingerprint density at radius 3 is 2.49 bits per heavy atom. The molecule has 0 fully saturated rings. The number of hydrogen-bond donors (Lipinski definition) is 3. The molecule has 1 amide bonds. The van der Waals surface area contributed by atoms with Crippen LogP contribution in [-0.2, 0) is 16.9 Å². The molecular weight excluding hydrogens is 608 g/mol. The van der Waals surface area contributed by atoms with Crippen molar-refractivity contribution in [2.45, 2.75) is 12.3 Å². The second kappa shape index (κ2) is 11.2. The standard InChI is InChI=1S/C20H18BrClF3N6O5P/c1-26-18(32)16-12(3-4-15(21)30-16)28-17-10(20(23,24)25)7-27-19(31-17)29-13-6-11(22)9(5-14(13)36-2)8-37(33,34)35/h3-7H,8H2,1-2H3,(H,26,32)(H2,33,34,35)(H2,27,28,29,31)/p-2. The highest BCUT2D eigenvalue weighted by Crippen LogP contribution is 2.40. The number of halogens is 5. The molecule has 2 aromatic heterocycles. The SMILES string of the molecule is CNC(=O)c1nc(Br)ccc1Nc1nc(Nc2cc(Cl)c(CP(=O)([O-])[O-])cc2OC)ncc1C(F)(F)F. The average molecular weight is 624 g/mol. The molecule has 3 rings (SSSR count). The van der Waals surface area contributed by atoms with Gasteiger partial charge in [-0.2, -0.15) is 18.2 Å². The van der Waals surface area contributed by atoms with Crippen molar-refractivity contribution in [2.75, 3.05) is 24.8 Å². The van der Waals surface area contributed by atoms with E-state index in [0.717, 1.165) is 0 Å². The number of rotatable bonds is 8. The summed E-state index contributed by atoms with van der Waals surface area (Å²) in [5.41, 5.74) is -1.45. The van der Waals surface area contributed by atoms with Crippen molar-refractivity contribution >= 4 is 64.2 Å². The molecule has 0 aliphatic heterocycles. The molecule has 198 valence electrons. The fraction of sp³-hybridized carbons (Fsp3) is 0.200. The molecule has 1 aromatic carbocycles. The molecule has 0 spiro atoms. The smallest absolute Gasteiger partial charge is 0.421 e. The van der Waals surface area contributed by atoms with Gasteiger partial charge in [-0.25, -0.2) is 9.97 Å². The fourth-order valence-electron chi connectivity index (χ4n) is 3.01. The first-order valence-corrected chi connectivity index (χ1v) is 12.9. The molecule has 37 heavy (non-hydrogen) atoms. The summed E-state index contributed by atoms with van der Waals surface area (Å²) in [5, 5.41) is 7.36. The quantitative estimate of drug-likeness (QED) is 0.250. The first-order chi connectivity index (χ1) is 17.2. The Bertz CT molecular complexity index is 1390. The van der Waals surface area contributed by atoms with Gasteiger partial charge in [-0.1, -0.05) is 19.2 Å². The zero-order chi connectivity index (χ0) is 27.5. The normalized spacial score (nSPS) is 11.7. The van der Waals surface area contributed by atoms with Gasteiger partial charge in [0.15, 0.2) is 5.69 Å². The molecule has 3 aromatic rings. The van der Waals surface area contributed by atoms with Gasteiger partial charge in [0.1, 0.15) is 21.7 Å². The number of methoxy groups -OCH3 is 1. The van der Waals surface area contributed by atoms with Crippen LogP contribution in [0.1, 0.15) is 21.6 Å². The number of amides is 1. The fourth-order valence-corrected chi connectivity index (χ4v) is 4.32. The van der Waals surface area contributed by atoms with Gasteiger partial charge >= 0.3 is 6.18 Å². The Kier molecular flexibility index (Phi) is 8.65. The van der Waals surface area contributed by atoms with Gasteiger partial charge < -0.3 is 35.0 Å². The number of benzene rings is 1. The molecule has 0 aliphatic rings. The van der Waals surface area contributed by atoms with Crippen molar-refractivity contribution in [2.24, 2.45) is 0 Å². The molecule has 0 aliphatic carbocycles. The van der Waals surface area contributed by atoms with Crippen LogP contribution in [0.5, 0.6) is 5.75 Å². The Morgan fingerprint density at radius 1 is 1.19 bits per heavy atom. The van der Waals surface area contributed by atoms with Crippen molar-refractivity contribution in [1.29, 1.82) is 0 Å². The van der Waals surface area contributed by atoms with Gasteiger partial charge in [0.05, 0.1) is 18.5 Å². The predicted molar refractivity (Wildman–Crippen MR) is 128 cm³/mol. The number of nitrogens with one attached hydrogen (secondary N) is 3. The minimum Gasteiger partial charge on any atom is -0.810 e. The number of ether oxygens (including phenoxy) is 1. The van der Waals surface area contributed by atoms with Crippen molar-refractivity contribution in [3.8, 4) is 5.75 Å². The van der Waals surface area contributed by atoms with E-state index in [1.807, 2.05) is 0 Å². The zero-order valence-electron chi connectivity index (χ0n) is 18.8. The van der Waals surface area contributed by atoms with E-state index < -0.39 is 37.2 Å². The first-order valence-electron chi connectivity index (χ1n) is 9.96. The number of carbonyl (C=O) groups excluding carboxylic acids is 1. The Morgan fingerprint density at radius 2 is 1.89 bits per heavy atom. The van der Waals surface area contributed by atoms with E-state index in [0.29, 0.717) is 6.20 Å². The van der Waals surface area contributed by atoms with Gasteiger partial charge in [0, 0.05) is 24.4 Å². The monoisotopic (exact) mass is 622 g/mol. The molecule has 0 saturated carbocycles. The van der Waals surface area contributed by atoms with Crippen molar-refractivity contribution in [1.82, 2.24) is 20.3 Å². The lowest BCUT2D eigenvalue weighted by atomic mass is 10.2. The molecule has 17 heteroatoms. The molecular formula is C20H16BrClF3N6O5P-2. The Balaban J connectivity index is 2.04. The minimum absolute atomic E-state index is 0.0184. The number of nitrogens with zero attached hydrogens (tertiary/aromatic N) is 3. The maximum Gasteiger partial charge on any atom is 0.421 e. The lowest BCUT2D eigenvalue weighted by molar-refractivity contribution is -0.314. The maximum atomic E-state index is 13.7. The van der Waals surface area contributed by atoms with Crippen LogP contribution in [0, 0.1) is 0 Å². The van der Waals surface area contributed by atoms with E-state index in [2.05, 4.69) is 46.8 Å². The van der Waals surface area contributed by atoms with Gasteiger partial charge in [-0.15, -0.1) is 0 Å². The van der Waals surface area contributed by atoms with Crippen LogP contribution in [0.4, 0.5) is 36.3 Å². The molecule has 0 atom stereocenters. The summed E-state index contributed by atoms with van der Waals surface area (Å²) < 4.78 is 57.7. The lowest BCUT2D eigenvalue weighted by Gasteiger charge is -2.30. The minimum atomic E-state index is -4.94. The largest absolute Gasteiger partial charge is 0.810 e. The van der Waals surface area contributed by atoms with Crippen LogP contribution in [0.25, 0.3) is 0 Å². The van der Waals surface area contributed by atoms with E-state index in [9.17, 15) is 32.3 Å². The highest BCUT2D eigenvalue weighted by atomic mass is 79.9. The highest BCUT2D eigenvalue weighted by Gasteiger charge is 2.36. The maximum absolute atomic E-state index is 13.7. The lowest BCUT2D eigenvalue weighted by Crippen LogP contribution is -2.21. The summed E-state index contributed by atoms with van der Waals surface area (Å²) in [6.07, 6.45) is -5.20. The van der Waals surface area contributed by atoms with Crippen LogP contribution in [0.15, 0.2) is 35.1 Å². The third-order valence-electron chi connectivity index (χ3n) is 4.63. The molecule has 0 bridgehead atoms. The van der Waals surface area contributed by atoms with Crippen LogP contribution in [0.2, 0.25) is 5.02 Å². The van der Waals surface area contributed by atoms with E-state index in [-0.39, 0.29) is 44.0 Å². The Labute approximate surface area is 221 Å². The van der Waals surface area contributed by atoms with Crippen LogP contribution < -0.4 is 30.5 Å². The number of alkyl halides is 3. The average Bonchev–Trinajstić information content (AvgIpc) is 2.80. The third-order valence-corrected chi connectivity index (χ3v) is 6.15. The molecule has 11 nitrogen and oxygen atoms in total. The van der Waals surface area contributed by atoms with E-state index in [1.165, 1.54) is 38.4 Å². The highest BCUT2D eigenvalue weighted by molar-refractivity contribution is 9.10. The second-order valence-corrected chi connectivity index (χ2v) is 9.98. The van der Waals surface area contributed by atoms with Crippen molar-refractivity contribution in [3.05, 3.63) is 56.9 Å². The summed E-state index contributed by atoms with van der Waals surface area (Å²) in [6, 6.07) is 5.16. The van der Waals surface area contributed by atoms with Crippen molar-refractivity contribution < 1.29 is 37.1 Å². The van der Waals surface area contributed by atoms with Crippen molar-refractivity contribution in [3.63, 3.8) is 0 Å². The number of aromatic nitrogens is 3. The summed E-state index contributed by atoms with van der Waals surface area (Å²) >= 11 is 9.19. The van der Waals surface area contributed by atoms with Gasteiger partial charge in [-0.05, 0) is 45.8 Å². The van der Waals surface area contributed by atoms with E-state index >= 15 is 0 Å². The van der Waals surface area contributed by atoms with Crippen LogP contribution in [-0.4, -0.2) is 35.0 Å². The van der Waals surface area contributed by atoms with E-state index in [4.69, 9.17) is 16.3 Å². The number of carbonyl (C=O) groups is 1. The van der Waals surface area contributed by atoms with Gasteiger partial charge in [-0.3, -0.25) is 4.79 Å². The van der Waals surface area contributed by atoms with Crippen LogP contribution >= 0.6 is 35.1 Å². The number of anilines is 4. The molecule has 0 radical (unpaired) electrons. The summed E-state index contributed by atoms with van der Waals surface area (Å²) in [5.74, 6) is -1.67. The van der Waals surface area contributed by atoms with Gasteiger partial charge in [0.25, 0.3) is 5.91 Å². The first kappa shape index (κ1) is 28.6. The zero-order valence-corrected chi connectivity index (χ0v) is 22.1. The Hall–Kier alpha value is -2.97.